The Hall–Kier alpha value is -0.870. The fraction of sp³-hybridized carbons (Fsp3) is 0.812. The van der Waals surface area contributed by atoms with E-state index in [2.05, 4.69) is 42.3 Å². The van der Waals surface area contributed by atoms with Crippen LogP contribution in [0.1, 0.15) is 51.6 Å². The Labute approximate surface area is 123 Å². The Morgan fingerprint density at radius 3 is 2.65 bits per heavy atom. The molecule has 1 aromatic rings. The normalized spacial score (nSPS) is 19.9. The van der Waals surface area contributed by atoms with E-state index in [4.69, 9.17) is 0 Å². The summed E-state index contributed by atoms with van der Waals surface area (Å²) in [7, 11) is 0. The molecule has 0 aliphatic carbocycles. The third-order valence-electron chi connectivity index (χ3n) is 4.27. The van der Waals surface area contributed by atoms with Crippen LogP contribution in [0, 0.1) is 5.92 Å². The lowest BCUT2D eigenvalue weighted by Gasteiger charge is -2.29. The Morgan fingerprint density at radius 1 is 1.25 bits per heavy atom. The fourth-order valence-electron chi connectivity index (χ4n) is 2.92. The minimum Gasteiger partial charge on any atom is -0.310 e. The molecule has 1 aliphatic rings. The highest BCUT2D eigenvalue weighted by molar-refractivity contribution is 5.09. The van der Waals surface area contributed by atoms with E-state index in [0.717, 1.165) is 13.1 Å². The van der Waals surface area contributed by atoms with Gasteiger partial charge in [-0.3, -0.25) is 4.68 Å². The second-order valence-corrected chi connectivity index (χ2v) is 6.23. The van der Waals surface area contributed by atoms with E-state index in [1.807, 2.05) is 10.9 Å². The smallest absolute Gasteiger partial charge is 0.0537 e. The molecule has 20 heavy (non-hydrogen) atoms. The number of rotatable bonds is 7. The summed E-state index contributed by atoms with van der Waals surface area (Å²) in [4.78, 5) is 2.62. The highest BCUT2D eigenvalue weighted by atomic mass is 15.3. The number of hydrogen-bond donors (Lipinski definition) is 1. The van der Waals surface area contributed by atoms with E-state index in [-0.39, 0.29) is 0 Å². The number of piperidine rings is 1. The van der Waals surface area contributed by atoms with Crippen LogP contribution in [0.5, 0.6) is 0 Å². The van der Waals surface area contributed by atoms with Gasteiger partial charge >= 0.3 is 0 Å². The second-order valence-electron chi connectivity index (χ2n) is 6.23. The van der Waals surface area contributed by atoms with E-state index in [1.165, 1.54) is 44.5 Å². The van der Waals surface area contributed by atoms with Crippen molar-refractivity contribution in [3.8, 4) is 0 Å². The Morgan fingerprint density at radius 2 is 2.00 bits per heavy atom. The number of nitrogens with one attached hydrogen (secondary N) is 1. The predicted octanol–water partition coefficient (Wildman–Crippen LogP) is 2.68. The number of likely N-dealkylation sites (tertiary alicyclic amines) is 1. The van der Waals surface area contributed by atoms with Gasteiger partial charge in [-0.2, -0.15) is 5.10 Å². The molecule has 1 saturated heterocycles. The molecule has 0 bridgehead atoms. The Bertz CT molecular complexity index is 382. The monoisotopic (exact) mass is 278 g/mol. The van der Waals surface area contributed by atoms with Crippen molar-refractivity contribution in [2.45, 2.75) is 52.6 Å². The average Bonchev–Trinajstić information content (AvgIpc) is 2.95. The van der Waals surface area contributed by atoms with E-state index in [0.29, 0.717) is 12.0 Å². The zero-order chi connectivity index (χ0) is 14.4. The van der Waals surface area contributed by atoms with Crippen LogP contribution in [-0.4, -0.2) is 40.9 Å². The number of nitrogens with zero attached hydrogens (tertiary/aromatic N) is 3. The third kappa shape index (κ3) is 4.60. The first-order valence-corrected chi connectivity index (χ1v) is 8.17. The summed E-state index contributed by atoms with van der Waals surface area (Å²) in [6.07, 6.45) is 8.31. The summed E-state index contributed by atoms with van der Waals surface area (Å²) in [5.74, 6) is 0.705. The van der Waals surface area contributed by atoms with Crippen molar-refractivity contribution in [3.63, 3.8) is 0 Å². The van der Waals surface area contributed by atoms with Crippen LogP contribution in [0.25, 0.3) is 0 Å². The van der Waals surface area contributed by atoms with Crippen molar-refractivity contribution in [3.05, 3.63) is 18.0 Å². The summed E-state index contributed by atoms with van der Waals surface area (Å²) in [5.41, 5.74) is 1.29. The van der Waals surface area contributed by atoms with Crippen molar-refractivity contribution < 1.29 is 0 Å². The molecule has 0 spiro atoms. The molecule has 2 atom stereocenters. The van der Waals surface area contributed by atoms with Crippen molar-refractivity contribution in [2.24, 2.45) is 5.92 Å². The quantitative estimate of drug-likeness (QED) is 0.832. The fourth-order valence-corrected chi connectivity index (χ4v) is 2.92. The summed E-state index contributed by atoms with van der Waals surface area (Å²) >= 11 is 0. The molecule has 0 radical (unpaired) electrons. The minimum absolute atomic E-state index is 0.388. The zero-order valence-corrected chi connectivity index (χ0v) is 13.3. The minimum atomic E-state index is 0.388. The van der Waals surface area contributed by atoms with Crippen molar-refractivity contribution in [1.29, 1.82) is 0 Å². The molecule has 2 rings (SSSR count). The molecule has 0 amide bonds. The lowest BCUT2D eigenvalue weighted by atomic mass is 10.1. The van der Waals surface area contributed by atoms with E-state index < -0.39 is 0 Å². The van der Waals surface area contributed by atoms with Crippen LogP contribution in [0.15, 0.2) is 12.4 Å². The summed E-state index contributed by atoms with van der Waals surface area (Å²) in [6, 6.07) is 0.388. The molecule has 4 heteroatoms. The molecule has 1 N–H and O–H groups in total. The van der Waals surface area contributed by atoms with Gasteiger partial charge in [-0.15, -0.1) is 0 Å². The highest BCUT2D eigenvalue weighted by Gasteiger charge is 2.14. The van der Waals surface area contributed by atoms with Crippen LogP contribution in [-0.2, 0) is 6.54 Å². The zero-order valence-electron chi connectivity index (χ0n) is 13.3. The van der Waals surface area contributed by atoms with Crippen molar-refractivity contribution in [2.75, 3.05) is 26.2 Å². The first kappa shape index (κ1) is 15.5. The first-order chi connectivity index (χ1) is 9.69. The number of aromatic nitrogens is 2. The first-order valence-electron chi connectivity index (χ1n) is 8.17. The Kier molecular flexibility index (Phi) is 6.05. The van der Waals surface area contributed by atoms with Crippen molar-refractivity contribution >= 4 is 0 Å². The predicted molar refractivity (Wildman–Crippen MR) is 83.8 cm³/mol. The van der Waals surface area contributed by atoms with E-state index >= 15 is 0 Å². The van der Waals surface area contributed by atoms with Crippen LogP contribution in [0.4, 0.5) is 0 Å². The molecule has 114 valence electrons. The summed E-state index contributed by atoms with van der Waals surface area (Å²) in [6.45, 7) is 12.5. The van der Waals surface area contributed by atoms with Gasteiger partial charge in [0.25, 0.3) is 0 Å². The lowest BCUT2D eigenvalue weighted by molar-refractivity contribution is 0.197. The summed E-state index contributed by atoms with van der Waals surface area (Å²) in [5, 5.41) is 7.99. The largest absolute Gasteiger partial charge is 0.310 e. The maximum atomic E-state index is 4.34. The van der Waals surface area contributed by atoms with Crippen LogP contribution in [0.3, 0.4) is 0 Å². The molecule has 0 saturated carbocycles. The number of aryl methyl sites for hydroxylation is 1. The van der Waals surface area contributed by atoms with Gasteiger partial charge in [0.05, 0.1) is 6.20 Å². The second kappa shape index (κ2) is 7.79. The molecule has 1 aromatic heterocycles. The van der Waals surface area contributed by atoms with Crippen molar-refractivity contribution in [1.82, 2.24) is 20.0 Å². The van der Waals surface area contributed by atoms with Gasteiger partial charge in [0, 0.05) is 30.9 Å². The Balaban J connectivity index is 1.70. The van der Waals surface area contributed by atoms with Gasteiger partial charge in [0.1, 0.15) is 0 Å². The van der Waals surface area contributed by atoms with Gasteiger partial charge < -0.3 is 10.2 Å². The van der Waals surface area contributed by atoms with Crippen LogP contribution in [0.2, 0.25) is 0 Å². The number of hydrogen-bond acceptors (Lipinski definition) is 3. The molecule has 4 nitrogen and oxygen atoms in total. The van der Waals surface area contributed by atoms with E-state index in [9.17, 15) is 0 Å². The van der Waals surface area contributed by atoms with Gasteiger partial charge in [-0.25, -0.2) is 0 Å². The molecule has 1 aliphatic heterocycles. The molecule has 0 aromatic carbocycles. The van der Waals surface area contributed by atoms with Gasteiger partial charge in [-0.1, -0.05) is 13.3 Å². The van der Waals surface area contributed by atoms with Gasteiger partial charge in [0.15, 0.2) is 0 Å². The molecular formula is C16H30N4. The standard InChI is InChI=1S/C16H30N4/c1-4-20-13-16(11-18-20)15(3)17-10-14(2)12-19-8-6-5-7-9-19/h11,13-15,17H,4-10,12H2,1-3H3. The maximum Gasteiger partial charge on any atom is 0.0537 e. The maximum absolute atomic E-state index is 4.34. The topological polar surface area (TPSA) is 33.1 Å². The third-order valence-corrected chi connectivity index (χ3v) is 4.27. The lowest BCUT2D eigenvalue weighted by Crippen LogP contribution is -2.37. The average molecular weight is 278 g/mol. The van der Waals surface area contributed by atoms with Crippen LogP contribution >= 0.6 is 0 Å². The SMILES string of the molecule is CCn1cc(C(C)NCC(C)CN2CCCCC2)cn1. The van der Waals surface area contributed by atoms with Gasteiger partial charge in [-0.05, 0) is 52.2 Å². The molecule has 1 fully saturated rings. The molecular weight excluding hydrogens is 248 g/mol. The van der Waals surface area contributed by atoms with Gasteiger partial charge in [0.2, 0.25) is 0 Å². The van der Waals surface area contributed by atoms with E-state index in [1.54, 1.807) is 0 Å². The summed E-state index contributed by atoms with van der Waals surface area (Å²) < 4.78 is 1.99. The molecule has 2 unspecified atom stereocenters. The van der Waals surface area contributed by atoms with Crippen LogP contribution < -0.4 is 5.32 Å². The highest BCUT2D eigenvalue weighted by Crippen LogP contribution is 2.13. The molecule has 2 heterocycles.